The molecule has 1 aliphatic carbocycles. The Hall–Kier alpha value is -1.06. The third-order valence-electron chi connectivity index (χ3n) is 4.72. The average molecular weight is 294 g/mol. The van der Waals surface area contributed by atoms with Gasteiger partial charge in [-0.2, -0.15) is 0 Å². The van der Waals surface area contributed by atoms with Gasteiger partial charge in [0.1, 0.15) is 0 Å². The van der Waals surface area contributed by atoms with Gasteiger partial charge >= 0.3 is 0 Å². The normalized spacial score (nSPS) is 26.0. The molecule has 120 valence electrons. The Balaban J connectivity index is 1.89. The smallest absolute Gasteiger partial charge is 0.226 e. The van der Waals surface area contributed by atoms with Crippen molar-refractivity contribution in [3.8, 4) is 0 Å². The second-order valence-corrected chi connectivity index (χ2v) is 8.33. The van der Waals surface area contributed by atoms with E-state index in [0.29, 0.717) is 13.0 Å². The number of carbonyl (C=O) groups excluding carboxylic acids is 2. The van der Waals surface area contributed by atoms with Crippen LogP contribution in [0, 0.1) is 10.8 Å². The summed E-state index contributed by atoms with van der Waals surface area (Å²) in [6.07, 6.45) is 5.94. The lowest BCUT2D eigenvalue weighted by molar-refractivity contribution is -0.132. The summed E-state index contributed by atoms with van der Waals surface area (Å²) in [5, 5.41) is 3.13. The molecule has 2 aliphatic rings. The molecule has 4 nitrogen and oxygen atoms in total. The summed E-state index contributed by atoms with van der Waals surface area (Å²) >= 11 is 0. The molecule has 0 aromatic carbocycles. The minimum absolute atomic E-state index is 0.00824. The fraction of sp³-hybridized carbons (Fsp3) is 0.882. The topological polar surface area (TPSA) is 49.4 Å². The highest BCUT2D eigenvalue weighted by Gasteiger charge is 2.38. The highest BCUT2D eigenvalue weighted by Crippen LogP contribution is 2.36. The molecule has 1 saturated carbocycles. The monoisotopic (exact) mass is 294 g/mol. The van der Waals surface area contributed by atoms with E-state index in [1.165, 1.54) is 6.42 Å². The molecule has 2 fully saturated rings. The Morgan fingerprint density at radius 2 is 1.90 bits per heavy atom. The summed E-state index contributed by atoms with van der Waals surface area (Å²) in [4.78, 5) is 26.5. The summed E-state index contributed by atoms with van der Waals surface area (Å²) in [6, 6.07) is -0.00824. The third kappa shape index (κ3) is 4.21. The van der Waals surface area contributed by atoms with E-state index in [1.54, 1.807) is 0 Å². The number of rotatable bonds is 3. The molecule has 0 aromatic heterocycles. The Bertz CT molecular complexity index is 406. The van der Waals surface area contributed by atoms with E-state index in [1.807, 2.05) is 4.90 Å². The van der Waals surface area contributed by atoms with Gasteiger partial charge in [0.2, 0.25) is 11.8 Å². The predicted molar refractivity (Wildman–Crippen MR) is 83.8 cm³/mol. The Morgan fingerprint density at radius 1 is 1.29 bits per heavy atom. The van der Waals surface area contributed by atoms with Gasteiger partial charge in [-0.3, -0.25) is 9.59 Å². The molecule has 4 heteroatoms. The molecule has 1 atom stereocenters. The number of nitrogens with zero attached hydrogens (tertiary/aromatic N) is 1. The fourth-order valence-corrected chi connectivity index (χ4v) is 3.51. The second kappa shape index (κ2) is 5.98. The van der Waals surface area contributed by atoms with Gasteiger partial charge in [-0.1, -0.05) is 47.0 Å². The van der Waals surface area contributed by atoms with Crippen LogP contribution in [0.15, 0.2) is 0 Å². The molecule has 0 unspecified atom stereocenters. The lowest BCUT2D eigenvalue weighted by Crippen LogP contribution is -2.46. The van der Waals surface area contributed by atoms with Gasteiger partial charge in [-0.05, 0) is 18.3 Å². The minimum atomic E-state index is -0.223. The van der Waals surface area contributed by atoms with Gasteiger partial charge in [-0.25, -0.2) is 0 Å². The molecular weight excluding hydrogens is 264 g/mol. The highest BCUT2D eigenvalue weighted by molar-refractivity contribution is 5.85. The van der Waals surface area contributed by atoms with Gasteiger partial charge in [0.25, 0.3) is 0 Å². The van der Waals surface area contributed by atoms with Crippen LogP contribution in [0.25, 0.3) is 0 Å². The molecule has 1 N–H and O–H groups in total. The molecule has 0 radical (unpaired) electrons. The van der Waals surface area contributed by atoms with E-state index in [0.717, 1.165) is 32.2 Å². The molecule has 2 rings (SSSR count). The van der Waals surface area contributed by atoms with Gasteiger partial charge in [0.05, 0.1) is 6.04 Å². The second-order valence-electron chi connectivity index (χ2n) is 8.33. The summed E-state index contributed by atoms with van der Waals surface area (Å²) in [5.41, 5.74) is -0.122. The van der Waals surface area contributed by atoms with Crippen LogP contribution in [0.2, 0.25) is 0 Å². The van der Waals surface area contributed by atoms with Crippen molar-refractivity contribution >= 4 is 11.8 Å². The van der Waals surface area contributed by atoms with Crippen molar-refractivity contribution in [1.29, 1.82) is 0 Å². The number of amides is 2. The van der Waals surface area contributed by atoms with Crippen LogP contribution in [0.4, 0.5) is 0 Å². The number of hydrogen-bond donors (Lipinski definition) is 1. The van der Waals surface area contributed by atoms with Crippen molar-refractivity contribution in [3.63, 3.8) is 0 Å². The number of likely N-dealkylation sites (tertiary alicyclic amines) is 1. The van der Waals surface area contributed by atoms with Crippen molar-refractivity contribution in [2.45, 2.75) is 72.3 Å². The van der Waals surface area contributed by atoms with E-state index in [9.17, 15) is 9.59 Å². The molecule has 1 saturated heterocycles. The van der Waals surface area contributed by atoms with Gasteiger partial charge in [0.15, 0.2) is 0 Å². The van der Waals surface area contributed by atoms with E-state index < -0.39 is 0 Å². The Labute approximate surface area is 128 Å². The van der Waals surface area contributed by atoms with Gasteiger partial charge < -0.3 is 10.2 Å². The molecule has 0 bridgehead atoms. The quantitative estimate of drug-likeness (QED) is 0.870. The van der Waals surface area contributed by atoms with Crippen molar-refractivity contribution in [3.05, 3.63) is 0 Å². The largest absolute Gasteiger partial charge is 0.351 e. The first kappa shape index (κ1) is 16.3. The molecule has 1 heterocycles. The highest BCUT2D eigenvalue weighted by atomic mass is 16.2. The van der Waals surface area contributed by atoms with Crippen LogP contribution in [-0.4, -0.2) is 35.8 Å². The molecular formula is C17H30N2O2. The van der Waals surface area contributed by atoms with Crippen LogP contribution in [0.1, 0.15) is 66.2 Å². The zero-order valence-corrected chi connectivity index (χ0v) is 14.0. The Kier molecular flexibility index (Phi) is 4.64. The first-order valence-corrected chi connectivity index (χ1v) is 8.28. The predicted octanol–water partition coefficient (Wildman–Crippen LogP) is 2.72. The number of hydrogen-bond acceptors (Lipinski definition) is 2. The summed E-state index contributed by atoms with van der Waals surface area (Å²) in [5.74, 6) is 0.321. The van der Waals surface area contributed by atoms with Gasteiger partial charge in [0, 0.05) is 24.9 Å². The van der Waals surface area contributed by atoms with Crippen LogP contribution < -0.4 is 5.32 Å². The molecule has 0 aromatic rings. The molecule has 0 spiro atoms. The van der Waals surface area contributed by atoms with Crippen LogP contribution in [0.3, 0.4) is 0 Å². The van der Waals surface area contributed by atoms with E-state index >= 15 is 0 Å². The third-order valence-corrected chi connectivity index (χ3v) is 4.72. The lowest BCUT2D eigenvalue weighted by atomic mass is 9.75. The SMILES string of the molecule is CC(C)(C)CN1C[C@@H](NC(=O)C2(C)CCCCC2)CC1=O. The van der Waals surface area contributed by atoms with Crippen LogP contribution in [-0.2, 0) is 9.59 Å². The maximum Gasteiger partial charge on any atom is 0.226 e. The summed E-state index contributed by atoms with van der Waals surface area (Å²) in [6.45, 7) is 9.90. The summed E-state index contributed by atoms with van der Waals surface area (Å²) in [7, 11) is 0. The standard InChI is InChI=1S/C17H30N2O2/c1-16(2,3)12-19-11-13(10-14(19)20)18-15(21)17(4)8-6-5-7-9-17/h13H,5-12H2,1-4H3,(H,18,21)/t13-/m0/s1. The van der Waals surface area contributed by atoms with Crippen LogP contribution >= 0.6 is 0 Å². The van der Waals surface area contributed by atoms with Crippen molar-refractivity contribution < 1.29 is 9.59 Å². The first-order chi connectivity index (χ1) is 9.70. The summed E-state index contributed by atoms with van der Waals surface area (Å²) < 4.78 is 0. The fourth-order valence-electron chi connectivity index (χ4n) is 3.51. The van der Waals surface area contributed by atoms with Crippen molar-refractivity contribution in [2.24, 2.45) is 10.8 Å². The maximum atomic E-state index is 12.5. The zero-order valence-electron chi connectivity index (χ0n) is 14.0. The molecule has 1 aliphatic heterocycles. The number of nitrogens with one attached hydrogen (secondary N) is 1. The van der Waals surface area contributed by atoms with Gasteiger partial charge in [-0.15, -0.1) is 0 Å². The van der Waals surface area contributed by atoms with E-state index in [-0.39, 0.29) is 28.7 Å². The lowest BCUT2D eigenvalue weighted by Gasteiger charge is -2.33. The van der Waals surface area contributed by atoms with E-state index in [4.69, 9.17) is 0 Å². The first-order valence-electron chi connectivity index (χ1n) is 8.28. The van der Waals surface area contributed by atoms with E-state index in [2.05, 4.69) is 33.0 Å². The molecule has 21 heavy (non-hydrogen) atoms. The molecule has 2 amide bonds. The zero-order chi connectivity index (χ0) is 15.7. The van der Waals surface area contributed by atoms with Crippen molar-refractivity contribution in [1.82, 2.24) is 10.2 Å². The van der Waals surface area contributed by atoms with Crippen molar-refractivity contribution in [2.75, 3.05) is 13.1 Å². The number of carbonyl (C=O) groups is 2. The Morgan fingerprint density at radius 3 is 2.48 bits per heavy atom. The van der Waals surface area contributed by atoms with Crippen LogP contribution in [0.5, 0.6) is 0 Å². The average Bonchev–Trinajstić information content (AvgIpc) is 2.68. The minimum Gasteiger partial charge on any atom is -0.351 e. The maximum absolute atomic E-state index is 12.5.